The summed E-state index contributed by atoms with van der Waals surface area (Å²) in [5.41, 5.74) is 0.416. The number of carbonyl (C=O) groups excluding carboxylic acids is 1. The number of hydrogen-bond acceptors (Lipinski definition) is 5. The number of carbonyl (C=O) groups is 1. The van der Waals surface area contributed by atoms with Crippen molar-refractivity contribution in [1.29, 1.82) is 0 Å². The highest BCUT2D eigenvalue weighted by Gasteiger charge is 2.29. The van der Waals surface area contributed by atoms with Crippen LogP contribution in [0.15, 0.2) is 18.2 Å². The molecule has 3 rings (SSSR count). The van der Waals surface area contributed by atoms with Gasteiger partial charge in [0.2, 0.25) is 0 Å². The van der Waals surface area contributed by atoms with Crippen LogP contribution in [0.2, 0.25) is 0 Å². The molecule has 2 fully saturated rings. The molecule has 1 aromatic rings. The predicted molar refractivity (Wildman–Crippen MR) is 73.9 cm³/mol. The lowest BCUT2D eigenvalue weighted by molar-refractivity contribution is 0.0502. The van der Waals surface area contributed by atoms with E-state index in [2.05, 4.69) is 10.2 Å². The van der Waals surface area contributed by atoms with E-state index in [1.807, 2.05) is 0 Å². The fraction of sp³-hybridized carbons (Fsp3) is 0.500. The average molecular weight is 277 g/mol. The maximum absolute atomic E-state index is 12.3. The number of nitrogens with zero attached hydrogens (tertiary/aromatic N) is 2. The summed E-state index contributed by atoms with van der Waals surface area (Å²) >= 11 is 0. The highest BCUT2D eigenvalue weighted by Crippen LogP contribution is 2.25. The molecule has 108 valence electrons. The lowest BCUT2D eigenvalue weighted by Crippen LogP contribution is -2.62. The van der Waals surface area contributed by atoms with E-state index >= 15 is 0 Å². The van der Waals surface area contributed by atoms with Gasteiger partial charge in [-0.05, 0) is 18.2 Å². The minimum atomic E-state index is -0.255. The molecule has 6 nitrogen and oxygen atoms in total. The normalized spacial score (nSPS) is 20.7. The number of aromatic hydroxyl groups is 2. The molecule has 20 heavy (non-hydrogen) atoms. The molecule has 2 heterocycles. The van der Waals surface area contributed by atoms with Gasteiger partial charge in [-0.3, -0.25) is 9.69 Å². The molecule has 0 radical (unpaired) electrons. The quantitative estimate of drug-likeness (QED) is 0.654. The lowest BCUT2D eigenvalue weighted by atomic mass is 10.1. The van der Waals surface area contributed by atoms with Crippen LogP contribution in [-0.2, 0) is 0 Å². The van der Waals surface area contributed by atoms with Crippen LogP contribution in [-0.4, -0.2) is 71.2 Å². The van der Waals surface area contributed by atoms with E-state index in [1.54, 1.807) is 11.0 Å². The number of nitrogens with one attached hydrogen (secondary N) is 1. The maximum Gasteiger partial charge on any atom is 0.254 e. The Morgan fingerprint density at radius 1 is 1.10 bits per heavy atom. The Morgan fingerprint density at radius 3 is 2.35 bits per heavy atom. The third-order valence-corrected chi connectivity index (χ3v) is 4.10. The fourth-order valence-corrected chi connectivity index (χ4v) is 2.66. The van der Waals surface area contributed by atoms with Crippen LogP contribution in [0.4, 0.5) is 0 Å². The van der Waals surface area contributed by atoms with Crippen molar-refractivity contribution in [3.05, 3.63) is 23.8 Å². The Labute approximate surface area is 117 Å². The average Bonchev–Trinajstić information content (AvgIpc) is 2.40. The molecule has 2 aliphatic rings. The minimum absolute atomic E-state index is 0.0910. The van der Waals surface area contributed by atoms with Crippen molar-refractivity contribution in [2.24, 2.45) is 0 Å². The van der Waals surface area contributed by atoms with E-state index in [1.165, 1.54) is 12.1 Å². The Bertz CT molecular complexity index is 508. The molecular weight excluding hydrogens is 258 g/mol. The van der Waals surface area contributed by atoms with E-state index in [0.717, 1.165) is 26.2 Å². The van der Waals surface area contributed by atoms with Gasteiger partial charge in [0, 0.05) is 50.9 Å². The smallest absolute Gasteiger partial charge is 0.254 e. The number of amides is 1. The summed E-state index contributed by atoms with van der Waals surface area (Å²) in [5.74, 6) is -0.550. The second-order valence-corrected chi connectivity index (χ2v) is 5.34. The Kier molecular flexibility index (Phi) is 3.50. The number of piperazine rings is 1. The summed E-state index contributed by atoms with van der Waals surface area (Å²) in [6.45, 7) is 5.28. The maximum atomic E-state index is 12.3. The lowest BCUT2D eigenvalue weighted by Gasteiger charge is -2.43. The van der Waals surface area contributed by atoms with Gasteiger partial charge >= 0.3 is 0 Å². The number of hydrogen-bond donors (Lipinski definition) is 3. The van der Waals surface area contributed by atoms with Crippen molar-refractivity contribution in [2.45, 2.75) is 6.04 Å². The second kappa shape index (κ2) is 5.30. The van der Waals surface area contributed by atoms with Crippen LogP contribution in [0.25, 0.3) is 0 Å². The Morgan fingerprint density at radius 2 is 1.80 bits per heavy atom. The molecular formula is C14H19N3O3. The van der Waals surface area contributed by atoms with Crippen LogP contribution in [0, 0.1) is 0 Å². The highest BCUT2D eigenvalue weighted by atomic mass is 16.3. The zero-order chi connectivity index (χ0) is 14.1. The zero-order valence-electron chi connectivity index (χ0n) is 11.2. The predicted octanol–water partition coefficient (Wildman–Crippen LogP) is -0.173. The van der Waals surface area contributed by atoms with E-state index in [9.17, 15) is 15.0 Å². The van der Waals surface area contributed by atoms with Crippen molar-refractivity contribution in [1.82, 2.24) is 15.1 Å². The van der Waals surface area contributed by atoms with Crippen molar-refractivity contribution >= 4 is 5.91 Å². The van der Waals surface area contributed by atoms with Gasteiger partial charge in [0.15, 0.2) is 11.5 Å². The molecule has 0 atom stereocenters. The first-order chi connectivity index (χ1) is 9.65. The van der Waals surface area contributed by atoms with Gasteiger partial charge in [0.1, 0.15) is 0 Å². The summed E-state index contributed by atoms with van der Waals surface area (Å²) < 4.78 is 0. The molecule has 2 saturated heterocycles. The van der Waals surface area contributed by atoms with E-state index in [0.29, 0.717) is 24.7 Å². The summed E-state index contributed by atoms with van der Waals surface area (Å²) in [6, 6.07) is 4.82. The minimum Gasteiger partial charge on any atom is -0.504 e. The molecule has 1 amide bonds. The van der Waals surface area contributed by atoms with Crippen LogP contribution >= 0.6 is 0 Å². The molecule has 0 unspecified atom stereocenters. The van der Waals surface area contributed by atoms with E-state index < -0.39 is 0 Å². The summed E-state index contributed by atoms with van der Waals surface area (Å²) in [4.78, 5) is 16.5. The largest absolute Gasteiger partial charge is 0.504 e. The van der Waals surface area contributed by atoms with Crippen LogP contribution in [0.1, 0.15) is 10.4 Å². The molecule has 0 aliphatic carbocycles. The zero-order valence-corrected chi connectivity index (χ0v) is 11.2. The van der Waals surface area contributed by atoms with Crippen molar-refractivity contribution in [3.8, 4) is 11.5 Å². The molecule has 2 aliphatic heterocycles. The first-order valence-corrected chi connectivity index (χ1v) is 6.91. The van der Waals surface area contributed by atoms with Crippen molar-refractivity contribution in [3.63, 3.8) is 0 Å². The summed E-state index contributed by atoms with van der Waals surface area (Å²) in [5, 5.41) is 22.0. The second-order valence-electron chi connectivity index (χ2n) is 5.34. The third kappa shape index (κ3) is 2.44. The third-order valence-electron chi connectivity index (χ3n) is 4.10. The Hall–Kier alpha value is -1.79. The first-order valence-electron chi connectivity index (χ1n) is 6.91. The Balaban J connectivity index is 1.62. The number of phenols is 2. The molecule has 3 N–H and O–H groups in total. The van der Waals surface area contributed by atoms with Crippen molar-refractivity contribution < 1.29 is 15.0 Å². The molecule has 6 heteroatoms. The highest BCUT2D eigenvalue weighted by molar-refractivity contribution is 5.95. The van der Waals surface area contributed by atoms with Gasteiger partial charge in [-0.25, -0.2) is 0 Å². The SMILES string of the molecule is O=C(c1ccc(O)c(O)c1)N1CCN(C2CNC2)CC1. The number of benzene rings is 1. The molecule has 0 aromatic heterocycles. The molecule has 0 saturated carbocycles. The number of rotatable bonds is 2. The first kappa shape index (κ1) is 13.2. The van der Waals surface area contributed by atoms with Gasteiger partial charge < -0.3 is 20.4 Å². The fourth-order valence-electron chi connectivity index (χ4n) is 2.66. The molecule has 0 spiro atoms. The summed E-state index contributed by atoms with van der Waals surface area (Å²) in [6.07, 6.45) is 0. The summed E-state index contributed by atoms with van der Waals surface area (Å²) in [7, 11) is 0. The van der Waals surface area contributed by atoms with Gasteiger partial charge in [-0.15, -0.1) is 0 Å². The standard InChI is InChI=1S/C14H19N3O3/c18-12-2-1-10(7-13(12)19)14(20)17-5-3-16(4-6-17)11-8-15-9-11/h1-2,7,11,15,18-19H,3-6,8-9H2. The van der Waals surface area contributed by atoms with Crippen LogP contribution < -0.4 is 5.32 Å². The van der Waals surface area contributed by atoms with Crippen LogP contribution in [0.5, 0.6) is 11.5 Å². The van der Waals surface area contributed by atoms with Gasteiger partial charge in [0.25, 0.3) is 5.91 Å². The van der Waals surface area contributed by atoms with Crippen molar-refractivity contribution in [2.75, 3.05) is 39.3 Å². The topological polar surface area (TPSA) is 76.0 Å². The monoisotopic (exact) mass is 277 g/mol. The molecule has 1 aromatic carbocycles. The number of phenolic OH excluding ortho intramolecular Hbond substituents is 2. The van der Waals surface area contributed by atoms with Gasteiger partial charge in [0.05, 0.1) is 0 Å². The van der Waals surface area contributed by atoms with E-state index in [4.69, 9.17) is 0 Å². The molecule has 0 bridgehead atoms. The van der Waals surface area contributed by atoms with Crippen LogP contribution in [0.3, 0.4) is 0 Å². The van der Waals surface area contributed by atoms with E-state index in [-0.39, 0.29) is 17.4 Å². The van der Waals surface area contributed by atoms with Gasteiger partial charge in [-0.1, -0.05) is 0 Å². The van der Waals surface area contributed by atoms with Gasteiger partial charge in [-0.2, -0.15) is 0 Å².